The van der Waals surface area contributed by atoms with Gasteiger partial charge in [0.1, 0.15) is 30.0 Å². The van der Waals surface area contributed by atoms with Gasteiger partial charge in [0.15, 0.2) is 0 Å². The van der Waals surface area contributed by atoms with Crippen LogP contribution in [0.15, 0.2) is 42.5 Å². The molecule has 2 N–H and O–H groups in total. The van der Waals surface area contributed by atoms with Crippen LogP contribution in [0.4, 0.5) is 0 Å². The van der Waals surface area contributed by atoms with Crippen LogP contribution >= 0.6 is 12.4 Å². The minimum absolute atomic E-state index is 0. The van der Waals surface area contributed by atoms with Gasteiger partial charge in [0, 0.05) is 25.7 Å². The summed E-state index contributed by atoms with van der Waals surface area (Å²) in [5, 5.41) is 20.0. The average molecular weight is 480 g/mol. The van der Waals surface area contributed by atoms with E-state index in [0.717, 1.165) is 68.9 Å². The molecular formula is C26H38ClNO5. The van der Waals surface area contributed by atoms with Crippen molar-refractivity contribution in [1.82, 2.24) is 4.90 Å². The molecule has 2 aromatic carbocycles. The zero-order valence-electron chi connectivity index (χ0n) is 19.7. The number of nitrogens with zero attached hydrogens (tertiary/aromatic N) is 1. The summed E-state index contributed by atoms with van der Waals surface area (Å²) in [5.74, 6) is 2.48. The van der Waals surface area contributed by atoms with E-state index in [-0.39, 0.29) is 25.1 Å². The summed E-state index contributed by atoms with van der Waals surface area (Å²) in [6.45, 7) is 2.51. The van der Waals surface area contributed by atoms with Crippen LogP contribution in [0.25, 0.3) is 0 Å². The van der Waals surface area contributed by atoms with Gasteiger partial charge in [-0.2, -0.15) is 0 Å². The number of aliphatic hydroxyl groups excluding tert-OH is 2. The number of halogens is 1. The number of benzene rings is 2. The smallest absolute Gasteiger partial charge is 0.122 e. The highest BCUT2D eigenvalue weighted by Crippen LogP contribution is 2.25. The fourth-order valence-electron chi connectivity index (χ4n) is 4.15. The molecule has 33 heavy (non-hydrogen) atoms. The third-order valence-electron chi connectivity index (χ3n) is 6.00. The summed E-state index contributed by atoms with van der Waals surface area (Å²) in [6, 6.07) is 14.1. The molecule has 1 fully saturated rings. The summed E-state index contributed by atoms with van der Waals surface area (Å²) in [6.07, 6.45) is 4.79. The van der Waals surface area contributed by atoms with Crippen LogP contribution in [0.2, 0.25) is 0 Å². The lowest BCUT2D eigenvalue weighted by molar-refractivity contribution is 0.0336. The van der Waals surface area contributed by atoms with Crippen molar-refractivity contribution in [1.29, 1.82) is 0 Å². The van der Waals surface area contributed by atoms with E-state index >= 15 is 0 Å². The number of aliphatic hydroxyl groups is 2. The van der Waals surface area contributed by atoms with E-state index in [2.05, 4.69) is 23.1 Å². The van der Waals surface area contributed by atoms with Crippen molar-refractivity contribution in [2.45, 2.75) is 50.7 Å². The van der Waals surface area contributed by atoms with Gasteiger partial charge in [0.25, 0.3) is 0 Å². The van der Waals surface area contributed by atoms with Crippen molar-refractivity contribution < 1.29 is 24.4 Å². The zero-order valence-corrected chi connectivity index (χ0v) is 20.6. The molecule has 184 valence electrons. The van der Waals surface area contributed by atoms with Gasteiger partial charge in [-0.25, -0.2) is 0 Å². The van der Waals surface area contributed by atoms with Gasteiger partial charge < -0.3 is 29.3 Å². The van der Waals surface area contributed by atoms with Crippen molar-refractivity contribution in [3.63, 3.8) is 0 Å². The summed E-state index contributed by atoms with van der Waals surface area (Å²) in [7, 11) is 3.34. The van der Waals surface area contributed by atoms with Crippen molar-refractivity contribution >= 4 is 12.4 Å². The molecule has 3 rings (SSSR count). The second-order valence-corrected chi connectivity index (χ2v) is 8.53. The van der Waals surface area contributed by atoms with Gasteiger partial charge >= 0.3 is 0 Å². The number of hydrogen-bond acceptors (Lipinski definition) is 6. The number of ether oxygens (including phenoxy) is 3. The number of unbranched alkanes of at least 4 members (excludes halogenated alkanes) is 1. The molecule has 0 spiro atoms. The van der Waals surface area contributed by atoms with Crippen LogP contribution < -0.4 is 14.2 Å². The highest BCUT2D eigenvalue weighted by molar-refractivity contribution is 5.85. The SMILES string of the molecule is COc1cc(CCCCc2ccccc2OCC(O)CN2CCC(O)CC2)cc(OC)c1.Cl. The van der Waals surface area contributed by atoms with E-state index in [1.54, 1.807) is 14.2 Å². The van der Waals surface area contributed by atoms with Crippen molar-refractivity contribution in [3.8, 4) is 17.2 Å². The molecule has 0 amide bonds. The summed E-state index contributed by atoms with van der Waals surface area (Å²) >= 11 is 0. The number of piperidine rings is 1. The van der Waals surface area contributed by atoms with E-state index in [0.29, 0.717) is 6.54 Å². The van der Waals surface area contributed by atoms with E-state index in [9.17, 15) is 10.2 Å². The van der Waals surface area contributed by atoms with Gasteiger partial charge in [-0.05, 0) is 67.9 Å². The first-order valence-electron chi connectivity index (χ1n) is 11.6. The quantitative estimate of drug-likeness (QED) is 0.450. The van der Waals surface area contributed by atoms with Crippen LogP contribution in [0.5, 0.6) is 17.2 Å². The number of methoxy groups -OCH3 is 2. The first kappa shape index (κ1) is 27.3. The zero-order chi connectivity index (χ0) is 22.8. The van der Waals surface area contributed by atoms with Crippen LogP contribution in [0, 0.1) is 0 Å². The lowest BCUT2D eigenvalue weighted by Crippen LogP contribution is -2.41. The number of hydrogen-bond donors (Lipinski definition) is 2. The summed E-state index contributed by atoms with van der Waals surface area (Å²) < 4.78 is 16.7. The Bertz CT molecular complexity index is 804. The number of aryl methyl sites for hydroxylation is 2. The highest BCUT2D eigenvalue weighted by atomic mass is 35.5. The molecule has 0 saturated carbocycles. The van der Waals surface area contributed by atoms with Crippen molar-refractivity contribution in [2.75, 3.05) is 40.5 Å². The van der Waals surface area contributed by atoms with E-state index in [1.807, 2.05) is 24.3 Å². The predicted octanol–water partition coefficient (Wildman–Crippen LogP) is 3.89. The average Bonchev–Trinajstić information content (AvgIpc) is 2.82. The van der Waals surface area contributed by atoms with Gasteiger partial charge in [0.2, 0.25) is 0 Å². The molecule has 1 saturated heterocycles. The molecule has 0 bridgehead atoms. The molecule has 1 aliphatic heterocycles. The Morgan fingerprint density at radius 2 is 1.61 bits per heavy atom. The monoisotopic (exact) mass is 479 g/mol. The Morgan fingerprint density at radius 1 is 0.970 bits per heavy atom. The van der Waals surface area contributed by atoms with Gasteiger partial charge in [-0.15, -0.1) is 12.4 Å². The fraction of sp³-hybridized carbons (Fsp3) is 0.538. The lowest BCUT2D eigenvalue weighted by Gasteiger charge is -2.31. The molecule has 0 radical (unpaired) electrons. The van der Waals surface area contributed by atoms with Gasteiger partial charge in [0.05, 0.1) is 20.3 Å². The number of para-hydroxylation sites is 1. The topological polar surface area (TPSA) is 71.4 Å². The summed E-state index contributed by atoms with van der Waals surface area (Å²) in [5.41, 5.74) is 2.38. The van der Waals surface area contributed by atoms with E-state index in [1.165, 1.54) is 11.1 Å². The molecule has 1 unspecified atom stereocenters. The Labute approximate surface area is 203 Å². The fourth-order valence-corrected chi connectivity index (χ4v) is 4.15. The largest absolute Gasteiger partial charge is 0.497 e. The maximum Gasteiger partial charge on any atom is 0.122 e. The molecule has 1 aliphatic rings. The second kappa shape index (κ2) is 14.3. The van der Waals surface area contributed by atoms with Crippen molar-refractivity contribution in [2.24, 2.45) is 0 Å². The lowest BCUT2D eigenvalue weighted by atomic mass is 10.0. The third kappa shape index (κ3) is 9.05. The molecule has 6 nitrogen and oxygen atoms in total. The third-order valence-corrected chi connectivity index (χ3v) is 6.00. The van der Waals surface area contributed by atoms with Crippen LogP contribution in [0.3, 0.4) is 0 Å². The molecule has 0 aliphatic carbocycles. The van der Waals surface area contributed by atoms with Gasteiger partial charge in [-0.3, -0.25) is 0 Å². The van der Waals surface area contributed by atoms with E-state index < -0.39 is 6.10 Å². The maximum atomic E-state index is 10.4. The minimum Gasteiger partial charge on any atom is -0.497 e. The highest BCUT2D eigenvalue weighted by Gasteiger charge is 2.19. The first-order chi connectivity index (χ1) is 15.6. The number of likely N-dealkylation sites (tertiary alicyclic amines) is 1. The van der Waals surface area contributed by atoms with Crippen LogP contribution in [-0.4, -0.2) is 67.8 Å². The molecule has 1 atom stereocenters. The molecule has 7 heteroatoms. The predicted molar refractivity (Wildman–Crippen MR) is 133 cm³/mol. The standard InChI is InChI=1S/C26H37NO5.ClH/c1-30-24-15-20(16-25(17-24)31-2)7-3-4-8-21-9-5-6-10-26(21)32-19-23(29)18-27-13-11-22(28)12-14-27;/h5-6,9-10,15-17,22-23,28-29H,3-4,7-8,11-14,18-19H2,1-2H3;1H. The molecule has 0 aromatic heterocycles. The first-order valence-corrected chi connectivity index (χ1v) is 11.6. The Kier molecular flexibility index (Phi) is 11.8. The normalized spacial score (nSPS) is 15.5. The second-order valence-electron chi connectivity index (χ2n) is 8.53. The van der Waals surface area contributed by atoms with Gasteiger partial charge in [-0.1, -0.05) is 18.2 Å². The Balaban J connectivity index is 0.00000385. The maximum absolute atomic E-state index is 10.4. The van der Waals surface area contributed by atoms with Crippen molar-refractivity contribution in [3.05, 3.63) is 53.6 Å². The van der Waals surface area contributed by atoms with Crippen LogP contribution in [-0.2, 0) is 12.8 Å². The van der Waals surface area contributed by atoms with E-state index in [4.69, 9.17) is 14.2 Å². The number of β-amino-alcohol motifs (C(OH)–C–C–N with tert-alkyl or cyclic N) is 1. The number of rotatable bonds is 12. The Hall–Kier alpha value is -1.99. The summed E-state index contributed by atoms with van der Waals surface area (Å²) in [4.78, 5) is 2.19. The van der Waals surface area contributed by atoms with Crippen LogP contribution in [0.1, 0.15) is 36.8 Å². The molecular weight excluding hydrogens is 442 g/mol. The molecule has 1 heterocycles. The Morgan fingerprint density at radius 3 is 2.27 bits per heavy atom. The molecule has 2 aromatic rings. The minimum atomic E-state index is -0.540.